The first kappa shape index (κ1) is 11.0. The highest BCUT2D eigenvalue weighted by Gasteiger charge is 2.00. The molecule has 1 rings (SSSR count). The van der Waals surface area contributed by atoms with Crippen molar-refractivity contribution in [3.05, 3.63) is 29.1 Å². The van der Waals surface area contributed by atoms with E-state index in [1.54, 1.807) is 13.0 Å². The average Bonchev–Trinajstić information content (AvgIpc) is 2.04. The second-order valence-electron chi connectivity index (χ2n) is 2.46. The topological polar surface area (TPSA) is 26.0 Å². The van der Waals surface area contributed by atoms with Crippen molar-refractivity contribution in [2.45, 2.75) is 27.7 Å². The van der Waals surface area contributed by atoms with Crippen LogP contribution in [0.5, 0.6) is 0 Å². The van der Waals surface area contributed by atoms with Crippen LogP contribution in [0, 0.1) is 19.7 Å². The summed E-state index contributed by atoms with van der Waals surface area (Å²) in [5.74, 6) is -0.225. The Morgan fingerprint density at radius 2 is 1.67 bits per heavy atom. The van der Waals surface area contributed by atoms with Gasteiger partial charge in [-0.3, -0.25) is 0 Å². The summed E-state index contributed by atoms with van der Waals surface area (Å²) >= 11 is 0. The minimum atomic E-state index is -0.225. The third-order valence-corrected chi connectivity index (χ3v) is 1.53. The standard InChI is InChI=1S/C8H10FN.C2H6/c1-5-3-7(9)6(2)8(10)4-5;1-2/h3-4H,10H2,1-2H3;1-2H3. The summed E-state index contributed by atoms with van der Waals surface area (Å²) in [7, 11) is 0. The summed E-state index contributed by atoms with van der Waals surface area (Å²) in [5.41, 5.74) is 7.40. The fraction of sp³-hybridized carbons (Fsp3) is 0.400. The predicted octanol–water partition coefficient (Wildman–Crippen LogP) is 3.05. The van der Waals surface area contributed by atoms with E-state index in [0.29, 0.717) is 11.3 Å². The zero-order chi connectivity index (χ0) is 9.72. The Hall–Kier alpha value is -1.05. The fourth-order valence-electron chi connectivity index (χ4n) is 0.841. The molecule has 0 radical (unpaired) electrons. The summed E-state index contributed by atoms with van der Waals surface area (Å²) in [5, 5.41) is 0. The number of rotatable bonds is 0. The zero-order valence-corrected chi connectivity index (χ0v) is 8.11. The van der Waals surface area contributed by atoms with Gasteiger partial charge in [-0.1, -0.05) is 13.8 Å². The maximum atomic E-state index is 12.8. The van der Waals surface area contributed by atoms with Crippen LogP contribution in [0.4, 0.5) is 10.1 Å². The monoisotopic (exact) mass is 169 g/mol. The molecule has 0 fully saturated rings. The molecule has 1 aromatic rings. The van der Waals surface area contributed by atoms with Crippen molar-refractivity contribution >= 4 is 5.69 Å². The number of nitrogens with two attached hydrogens (primary N) is 1. The molecule has 0 aromatic heterocycles. The van der Waals surface area contributed by atoms with Crippen molar-refractivity contribution in [1.82, 2.24) is 0 Å². The molecule has 0 unspecified atom stereocenters. The Labute approximate surface area is 73.4 Å². The Balaban J connectivity index is 0.000000561. The molecule has 2 N–H and O–H groups in total. The molecule has 0 aliphatic carbocycles. The highest BCUT2D eigenvalue weighted by atomic mass is 19.1. The maximum Gasteiger partial charge on any atom is 0.128 e. The molecule has 0 spiro atoms. The van der Waals surface area contributed by atoms with Gasteiger partial charge in [-0.2, -0.15) is 0 Å². The van der Waals surface area contributed by atoms with E-state index in [2.05, 4.69) is 0 Å². The molecule has 0 saturated heterocycles. The van der Waals surface area contributed by atoms with Gasteiger partial charge < -0.3 is 5.73 Å². The van der Waals surface area contributed by atoms with Gasteiger partial charge in [0.2, 0.25) is 0 Å². The number of nitrogen functional groups attached to an aromatic ring is 1. The lowest BCUT2D eigenvalue weighted by molar-refractivity contribution is 0.618. The van der Waals surface area contributed by atoms with Crippen LogP contribution in [0.3, 0.4) is 0 Å². The van der Waals surface area contributed by atoms with Crippen molar-refractivity contribution < 1.29 is 4.39 Å². The summed E-state index contributed by atoms with van der Waals surface area (Å²) in [6, 6.07) is 3.24. The average molecular weight is 169 g/mol. The van der Waals surface area contributed by atoms with Crippen molar-refractivity contribution in [3.63, 3.8) is 0 Å². The van der Waals surface area contributed by atoms with E-state index < -0.39 is 0 Å². The molecular weight excluding hydrogens is 153 g/mol. The molecule has 1 nitrogen and oxygen atoms in total. The van der Waals surface area contributed by atoms with Crippen LogP contribution < -0.4 is 5.73 Å². The third kappa shape index (κ3) is 2.53. The lowest BCUT2D eigenvalue weighted by Crippen LogP contribution is -1.93. The smallest absolute Gasteiger partial charge is 0.128 e. The Morgan fingerprint density at radius 3 is 2.08 bits per heavy atom. The normalized spacial score (nSPS) is 8.75. The van der Waals surface area contributed by atoms with Gasteiger partial charge in [-0.05, 0) is 31.5 Å². The van der Waals surface area contributed by atoms with Crippen LogP contribution in [0.15, 0.2) is 12.1 Å². The molecule has 68 valence electrons. The Bertz CT molecular complexity index is 233. The van der Waals surface area contributed by atoms with Crippen molar-refractivity contribution in [2.24, 2.45) is 0 Å². The summed E-state index contributed by atoms with van der Waals surface area (Å²) in [6.07, 6.45) is 0. The summed E-state index contributed by atoms with van der Waals surface area (Å²) < 4.78 is 12.8. The van der Waals surface area contributed by atoms with Crippen LogP contribution in [0.25, 0.3) is 0 Å². The third-order valence-electron chi connectivity index (χ3n) is 1.53. The lowest BCUT2D eigenvalue weighted by atomic mass is 10.1. The molecular formula is C10H16FN. The van der Waals surface area contributed by atoms with Crippen molar-refractivity contribution in [2.75, 3.05) is 5.73 Å². The number of hydrogen-bond acceptors (Lipinski definition) is 1. The van der Waals surface area contributed by atoms with E-state index in [1.807, 2.05) is 20.8 Å². The van der Waals surface area contributed by atoms with Gasteiger partial charge in [-0.15, -0.1) is 0 Å². The van der Waals surface area contributed by atoms with E-state index in [1.165, 1.54) is 6.07 Å². The molecule has 0 heterocycles. The van der Waals surface area contributed by atoms with Crippen molar-refractivity contribution in [3.8, 4) is 0 Å². The molecule has 0 saturated carbocycles. The molecule has 0 aliphatic heterocycles. The SMILES string of the molecule is CC.Cc1cc(N)c(C)c(F)c1. The maximum absolute atomic E-state index is 12.8. The van der Waals surface area contributed by atoms with Gasteiger partial charge in [0.1, 0.15) is 5.82 Å². The first-order valence-electron chi connectivity index (χ1n) is 4.13. The first-order valence-corrected chi connectivity index (χ1v) is 4.13. The van der Waals surface area contributed by atoms with E-state index in [0.717, 1.165) is 5.56 Å². The van der Waals surface area contributed by atoms with Crippen LogP contribution in [-0.4, -0.2) is 0 Å². The van der Waals surface area contributed by atoms with Crippen molar-refractivity contribution in [1.29, 1.82) is 0 Å². The summed E-state index contributed by atoms with van der Waals surface area (Å²) in [4.78, 5) is 0. The number of hydrogen-bond donors (Lipinski definition) is 1. The minimum absolute atomic E-state index is 0.225. The minimum Gasteiger partial charge on any atom is -0.398 e. The molecule has 0 amide bonds. The second kappa shape index (κ2) is 4.75. The summed E-state index contributed by atoms with van der Waals surface area (Å²) in [6.45, 7) is 7.49. The molecule has 0 aliphatic rings. The van der Waals surface area contributed by atoms with Crippen LogP contribution in [0.1, 0.15) is 25.0 Å². The van der Waals surface area contributed by atoms with Gasteiger partial charge >= 0.3 is 0 Å². The van der Waals surface area contributed by atoms with E-state index in [9.17, 15) is 4.39 Å². The highest BCUT2D eigenvalue weighted by molar-refractivity contribution is 5.48. The molecule has 0 atom stereocenters. The van der Waals surface area contributed by atoms with Crippen LogP contribution in [0.2, 0.25) is 0 Å². The van der Waals surface area contributed by atoms with Crippen LogP contribution in [-0.2, 0) is 0 Å². The fourth-order valence-corrected chi connectivity index (χ4v) is 0.841. The molecule has 1 aromatic carbocycles. The number of aryl methyl sites for hydroxylation is 1. The van der Waals surface area contributed by atoms with Gasteiger partial charge in [0.25, 0.3) is 0 Å². The number of anilines is 1. The molecule has 12 heavy (non-hydrogen) atoms. The van der Waals surface area contributed by atoms with Gasteiger partial charge in [0.05, 0.1) is 0 Å². The number of benzene rings is 1. The Kier molecular flexibility index (Phi) is 4.34. The molecule has 2 heteroatoms. The van der Waals surface area contributed by atoms with E-state index in [-0.39, 0.29) is 5.82 Å². The molecule has 0 bridgehead atoms. The largest absolute Gasteiger partial charge is 0.398 e. The quantitative estimate of drug-likeness (QED) is 0.593. The van der Waals surface area contributed by atoms with Gasteiger partial charge in [-0.25, -0.2) is 4.39 Å². The second-order valence-corrected chi connectivity index (χ2v) is 2.46. The first-order chi connectivity index (χ1) is 5.61. The van der Waals surface area contributed by atoms with E-state index >= 15 is 0 Å². The zero-order valence-electron chi connectivity index (χ0n) is 8.11. The van der Waals surface area contributed by atoms with Crippen LogP contribution >= 0.6 is 0 Å². The predicted molar refractivity (Wildman–Crippen MR) is 51.6 cm³/mol. The van der Waals surface area contributed by atoms with E-state index in [4.69, 9.17) is 5.73 Å². The highest BCUT2D eigenvalue weighted by Crippen LogP contribution is 2.16. The Morgan fingerprint density at radius 1 is 1.17 bits per heavy atom. The van der Waals surface area contributed by atoms with Gasteiger partial charge in [0.15, 0.2) is 0 Å². The lowest BCUT2D eigenvalue weighted by Gasteiger charge is -2.01. The van der Waals surface area contributed by atoms with Gasteiger partial charge in [0, 0.05) is 11.3 Å². The number of halogens is 1.